The van der Waals surface area contributed by atoms with Crippen molar-refractivity contribution in [2.75, 3.05) is 26.2 Å². The van der Waals surface area contributed by atoms with Gasteiger partial charge in [0.25, 0.3) is 0 Å². The van der Waals surface area contributed by atoms with Crippen LogP contribution in [0.15, 0.2) is 18.2 Å². The Balaban J connectivity index is 0.00000242. The minimum atomic E-state index is 0. The summed E-state index contributed by atoms with van der Waals surface area (Å²) in [6.07, 6.45) is 2.32. The van der Waals surface area contributed by atoms with Gasteiger partial charge < -0.3 is 10.5 Å². The van der Waals surface area contributed by atoms with Crippen LogP contribution in [-0.2, 0) is 6.54 Å². The quantitative estimate of drug-likeness (QED) is 0.817. The monoisotopic (exact) mass is 326 g/mol. The van der Waals surface area contributed by atoms with E-state index in [0.717, 1.165) is 55.9 Å². The van der Waals surface area contributed by atoms with E-state index in [4.69, 9.17) is 10.5 Å². The van der Waals surface area contributed by atoms with E-state index in [0.29, 0.717) is 12.5 Å². The Morgan fingerprint density at radius 3 is 2.59 bits per heavy atom. The van der Waals surface area contributed by atoms with Gasteiger partial charge in [0.15, 0.2) is 5.78 Å². The fourth-order valence-corrected chi connectivity index (χ4v) is 2.84. The van der Waals surface area contributed by atoms with Crippen molar-refractivity contribution >= 4 is 18.2 Å². The molecule has 0 radical (unpaired) electrons. The Labute approximate surface area is 139 Å². The summed E-state index contributed by atoms with van der Waals surface area (Å²) in [5, 5.41) is 0. The average Bonchev–Trinajstić information content (AvgIpc) is 2.50. The van der Waals surface area contributed by atoms with E-state index < -0.39 is 0 Å². The maximum atomic E-state index is 11.6. The van der Waals surface area contributed by atoms with E-state index >= 15 is 0 Å². The molecule has 1 fully saturated rings. The molecule has 0 unspecified atom stereocenters. The summed E-state index contributed by atoms with van der Waals surface area (Å²) < 4.78 is 5.70. The minimum absolute atomic E-state index is 0. The summed E-state index contributed by atoms with van der Waals surface area (Å²) in [5.41, 5.74) is 7.60. The lowest BCUT2D eigenvalue weighted by molar-refractivity contribution is 0.101. The molecule has 1 aliphatic heterocycles. The van der Waals surface area contributed by atoms with Crippen molar-refractivity contribution in [3.8, 4) is 5.75 Å². The molecule has 5 heteroatoms. The Bertz CT molecular complexity index is 486. The summed E-state index contributed by atoms with van der Waals surface area (Å²) in [6, 6.07) is 5.74. The van der Waals surface area contributed by atoms with Gasteiger partial charge in [0.05, 0.1) is 6.61 Å². The van der Waals surface area contributed by atoms with Crippen molar-refractivity contribution in [2.24, 2.45) is 11.7 Å². The number of hydrogen-bond donors (Lipinski definition) is 1. The standard InChI is InChI=1S/C17H26N2O2.ClH/c1-3-21-17-5-4-15(13(2)20)10-16(17)12-19-8-6-14(11-18)7-9-19;/h4-5,10,14H,3,6-9,11-12,18H2,1-2H3;1H. The number of likely N-dealkylation sites (tertiary alicyclic amines) is 1. The maximum absolute atomic E-state index is 11.6. The molecule has 1 aromatic rings. The van der Waals surface area contributed by atoms with Crippen molar-refractivity contribution in [1.29, 1.82) is 0 Å². The fourth-order valence-electron chi connectivity index (χ4n) is 2.84. The molecule has 22 heavy (non-hydrogen) atoms. The third kappa shape index (κ3) is 4.97. The second-order valence-electron chi connectivity index (χ2n) is 5.77. The Morgan fingerprint density at radius 1 is 1.36 bits per heavy atom. The van der Waals surface area contributed by atoms with Crippen LogP contribution in [0.25, 0.3) is 0 Å². The molecule has 0 spiro atoms. The van der Waals surface area contributed by atoms with Crippen molar-refractivity contribution < 1.29 is 9.53 Å². The number of nitrogens with two attached hydrogens (primary N) is 1. The van der Waals surface area contributed by atoms with Crippen LogP contribution in [0, 0.1) is 5.92 Å². The number of rotatable bonds is 6. The molecule has 0 saturated carbocycles. The van der Waals surface area contributed by atoms with Gasteiger partial charge in [-0.15, -0.1) is 12.4 Å². The van der Waals surface area contributed by atoms with Gasteiger partial charge >= 0.3 is 0 Å². The van der Waals surface area contributed by atoms with Crippen LogP contribution >= 0.6 is 12.4 Å². The summed E-state index contributed by atoms with van der Waals surface area (Å²) in [6.45, 7) is 7.99. The second kappa shape index (κ2) is 9.13. The highest BCUT2D eigenvalue weighted by Gasteiger charge is 2.19. The second-order valence-corrected chi connectivity index (χ2v) is 5.77. The number of ether oxygens (including phenoxy) is 1. The first-order valence-electron chi connectivity index (χ1n) is 7.83. The van der Waals surface area contributed by atoms with Gasteiger partial charge in [-0.3, -0.25) is 9.69 Å². The highest BCUT2D eigenvalue weighted by molar-refractivity contribution is 5.94. The van der Waals surface area contributed by atoms with Gasteiger partial charge in [-0.1, -0.05) is 0 Å². The zero-order valence-corrected chi connectivity index (χ0v) is 14.3. The number of Topliss-reactive ketones (excluding diaryl/α,β-unsaturated/α-hetero) is 1. The number of piperidine rings is 1. The number of halogens is 1. The molecule has 0 bridgehead atoms. The van der Waals surface area contributed by atoms with E-state index in [-0.39, 0.29) is 18.2 Å². The van der Waals surface area contributed by atoms with Gasteiger partial charge in [-0.05, 0) is 70.4 Å². The van der Waals surface area contributed by atoms with Crippen LogP contribution < -0.4 is 10.5 Å². The van der Waals surface area contributed by atoms with Gasteiger partial charge in [-0.25, -0.2) is 0 Å². The molecule has 1 saturated heterocycles. The molecule has 1 heterocycles. The van der Waals surface area contributed by atoms with Crippen LogP contribution in [0.2, 0.25) is 0 Å². The van der Waals surface area contributed by atoms with Crippen LogP contribution in [0.4, 0.5) is 0 Å². The van der Waals surface area contributed by atoms with Crippen molar-refractivity contribution in [3.05, 3.63) is 29.3 Å². The maximum Gasteiger partial charge on any atom is 0.159 e. The first-order chi connectivity index (χ1) is 10.1. The van der Waals surface area contributed by atoms with E-state index in [2.05, 4.69) is 4.90 Å². The molecular formula is C17H27ClN2O2. The summed E-state index contributed by atoms with van der Waals surface area (Å²) >= 11 is 0. The van der Waals surface area contributed by atoms with Crippen LogP contribution in [0.3, 0.4) is 0 Å². The molecule has 0 aromatic heterocycles. The molecule has 1 aliphatic rings. The van der Waals surface area contributed by atoms with Crippen LogP contribution in [0.1, 0.15) is 42.6 Å². The smallest absolute Gasteiger partial charge is 0.159 e. The number of carbonyl (C=O) groups is 1. The summed E-state index contributed by atoms with van der Waals surface area (Å²) in [4.78, 5) is 14.0. The molecule has 4 nitrogen and oxygen atoms in total. The van der Waals surface area contributed by atoms with E-state index in [1.165, 1.54) is 0 Å². The fraction of sp³-hybridized carbons (Fsp3) is 0.588. The highest BCUT2D eigenvalue weighted by Crippen LogP contribution is 2.25. The zero-order chi connectivity index (χ0) is 15.2. The zero-order valence-electron chi connectivity index (χ0n) is 13.5. The van der Waals surface area contributed by atoms with Crippen molar-refractivity contribution in [3.63, 3.8) is 0 Å². The Kier molecular flexibility index (Phi) is 7.87. The van der Waals surface area contributed by atoms with E-state index in [1.54, 1.807) is 6.92 Å². The van der Waals surface area contributed by atoms with Crippen molar-refractivity contribution in [2.45, 2.75) is 33.2 Å². The lowest BCUT2D eigenvalue weighted by atomic mass is 9.96. The van der Waals surface area contributed by atoms with Gasteiger partial charge in [0.1, 0.15) is 5.75 Å². The van der Waals surface area contributed by atoms with Gasteiger partial charge in [0.2, 0.25) is 0 Å². The molecular weight excluding hydrogens is 300 g/mol. The summed E-state index contributed by atoms with van der Waals surface area (Å²) in [5.74, 6) is 1.65. The number of ketones is 1. The van der Waals surface area contributed by atoms with Crippen molar-refractivity contribution in [1.82, 2.24) is 4.90 Å². The lowest BCUT2D eigenvalue weighted by Crippen LogP contribution is -2.35. The molecule has 0 atom stereocenters. The average molecular weight is 327 g/mol. The number of nitrogens with zero attached hydrogens (tertiary/aromatic N) is 1. The van der Waals surface area contributed by atoms with E-state index in [9.17, 15) is 4.79 Å². The van der Waals surface area contributed by atoms with Crippen LogP contribution in [0.5, 0.6) is 5.75 Å². The Hall–Kier alpha value is -1.10. The predicted octanol–water partition coefficient (Wildman–Crippen LogP) is 2.88. The predicted molar refractivity (Wildman–Crippen MR) is 91.9 cm³/mol. The third-order valence-corrected chi connectivity index (χ3v) is 4.20. The Morgan fingerprint density at radius 2 is 2.05 bits per heavy atom. The molecule has 124 valence electrons. The molecule has 2 N–H and O–H groups in total. The molecule has 0 aliphatic carbocycles. The number of carbonyl (C=O) groups excluding carboxylic acids is 1. The van der Waals surface area contributed by atoms with Gasteiger partial charge in [-0.2, -0.15) is 0 Å². The third-order valence-electron chi connectivity index (χ3n) is 4.20. The minimum Gasteiger partial charge on any atom is -0.494 e. The topological polar surface area (TPSA) is 55.6 Å². The van der Waals surface area contributed by atoms with Crippen LogP contribution in [-0.4, -0.2) is 36.9 Å². The largest absolute Gasteiger partial charge is 0.494 e. The number of benzene rings is 1. The first kappa shape index (κ1) is 18.9. The highest BCUT2D eigenvalue weighted by atomic mass is 35.5. The molecule has 2 rings (SSSR count). The van der Waals surface area contributed by atoms with Gasteiger partial charge in [0, 0.05) is 17.7 Å². The summed E-state index contributed by atoms with van der Waals surface area (Å²) in [7, 11) is 0. The van der Waals surface area contributed by atoms with E-state index in [1.807, 2.05) is 25.1 Å². The first-order valence-corrected chi connectivity index (χ1v) is 7.83. The number of hydrogen-bond acceptors (Lipinski definition) is 4. The molecule has 0 amide bonds. The molecule has 1 aromatic carbocycles. The normalized spacial score (nSPS) is 16.1. The SMILES string of the molecule is CCOc1ccc(C(C)=O)cc1CN1CCC(CN)CC1.Cl. The lowest BCUT2D eigenvalue weighted by Gasteiger charge is -2.31.